The van der Waals surface area contributed by atoms with Gasteiger partial charge in [0.25, 0.3) is 0 Å². The molecule has 82 valence electrons. The Morgan fingerprint density at radius 1 is 1.40 bits per heavy atom. The van der Waals surface area contributed by atoms with Crippen molar-refractivity contribution in [3.8, 4) is 0 Å². The van der Waals surface area contributed by atoms with E-state index in [1.165, 1.54) is 11.1 Å². The van der Waals surface area contributed by atoms with E-state index in [2.05, 4.69) is 36.1 Å². The minimum absolute atomic E-state index is 0.122. The number of aliphatic hydroxyl groups excluding tert-OH is 1. The van der Waals surface area contributed by atoms with Crippen LogP contribution in [0.5, 0.6) is 0 Å². The zero-order valence-corrected chi connectivity index (χ0v) is 9.32. The van der Waals surface area contributed by atoms with Gasteiger partial charge in [-0.2, -0.15) is 0 Å². The highest BCUT2D eigenvalue weighted by molar-refractivity contribution is 5.25. The standard InChI is InChI=1S/C13H19NO/c1-11-5-2-3-6-12(11)9-14-8-4-7-13(15)10-14/h2-3,5-6,13,15H,4,7-10H2,1H3/t13-/m1/s1. The monoisotopic (exact) mass is 205 g/mol. The summed E-state index contributed by atoms with van der Waals surface area (Å²) in [6, 6.07) is 8.48. The van der Waals surface area contributed by atoms with Gasteiger partial charge in [-0.15, -0.1) is 0 Å². The molecule has 2 rings (SSSR count). The molecule has 1 heterocycles. The van der Waals surface area contributed by atoms with Crippen LogP contribution in [0.3, 0.4) is 0 Å². The van der Waals surface area contributed by atoms with E-state index in [9.17, 15) is 5.11 Å². The number of nitrogens with zero attached hydrogens (tertiary/aromatic N) is 1. The SMILES string of the molecule is Cc1ccccc1CN1CCC[C@@H](O)C1. The largest absolute Gasteiger partial charge is 0.392 e. The molecule has 0 spiro atoms. The zero-order valence-electron chi connectivity index (χ0n) is 9.32. The van der Waals surface area contributed by atoms with Crippen molar-refractivity contribution in [2.75, 3.05) is 13.1 Å². The molecule has 2 heteroatoms. The predicted molar refractivity (Wildman–Crippen MR) is 61.7 cm³/mol. The van der Waals surface area contributed by atoms with Gasteiger partial charge in [0.05, 0.1) is 6.10 Å². The summed E-state index contributed by atoms with van der Waals surface area (Å²) >= 11 is 0. The Morgan fingerprint density at radius 3 is 2.93 bits per heavy atom. The van der Waals surface area contributed by atoms with Crippen molar-refractivity contribution >= 4 is 0 Å². The van der Waals surface area contributed by atoms with Gasteiger partial charge in [-0.3, -0.25) is 4.90 Å². The Labute approximate surface area is 91.5 Å². The van der Waals surface area contributed by atoms with Crippen LogP contribution in [0.25, 0.3) is 0 Å². The van der Waals surface area contributed by atoms with Crippen molar-refractivity contribution in [2.24, 2.45) is 0 Å². The third-order valence-corrected chi connectivity index (χ3v) is 3.14. The van der Waals surface area contributed by atoms with E-state index in [0.29, 0.717) is 0 Å². The first kappa shape index (κ1) is 10.7. The normalized spacial score (nSPS) is 22.9. The van der Waals surface area contributed by atoms with Crippen molar-refractivity contribution in [3.05, 3.63) is 35.4 Å². The smallest absolute Gasteiger partial charge is 0.0667 e. The Hall–Kier alpha value is -0.860. The second kappa shape index (κ2) is 4.77. The van der Waals surface area contributed by atoms with Crippen LogP contribution in [0.15, 0.2) is 24.3 Å². The molecule has 0 aliphatic carbocycles. The van der Waals surface area contributed by atoms with Crippen LogP contribution in [0, 0.1) is 6.92 Å². The molecule has 2 nitrogen and oxygen atoms in total. The first-order valence-corrected chi connectivity index (χ1v) is 5.70. The van der Waals surface area contributed by atoms with Crippen molar-refractivity contribution in [1.82, 2.24) is 4.90 Å². The number of β-amino-alcohol motifs (C(OH)–C–C–N with tert-alkyl or cyclic N) is 1. The number of piperidine rings is 1. The molecule has 0 bridgehead atoms. The van der Waals surface area contributed by atoms with E-state index < -0.39 is 0 Å². The molecule has 1 saturated heterocycles. The van der Waals surface area contributed by atoms with Gasteiger partial charge in [-0.25, -0.2) is 0 Å². The number of hydrogen-bond acceptors (Lipinski definition) is 2. The lowest BCUT2D eigenvalue weighted by Gasteiger charge is -2.30. The fourth-order valence-corrected chi connectivity index (χ4v) is 2.20. The van der Waals surface area contributed by atoms with Crippen LogP contribution in [-0.4, -0.2) is 29.2 Å². The molecule has 0 radical (unpaired) electrons. The molecular weight excluding hydrogens is 186 g/mol. The molecule has 1 fully saturated rings. The predicted octanol–water partition coefficient (Wildman–Crippen LogP) is 1.95. The van der Waals surface area contributed by atoms with Crippen molar-refractivity contribution < 1.29 is 5.11 Å². The molecule has 1 aromatic carbocycles. The highest BCUT2D eigenvalue weighted by atomic mass is 16.3. The molecular formula is C13H19NO. The summed E-state index contributed by atoms with van der Waals surface area (Å²) in [6.45, 7) is 5.07. The second-order valence-corrected chi connectivity index (χ2v) is 4.46. The van der Waals surface area contributed by atoms with E-state index in [1.54, 1.807) is 0 Å². The van der Waals surface area contributed by atoms with Gasteiger partial charge in [-0.1, -0.05) is 24.3 Å². The Bertz CT molecular complexity index is 324. The molecule has 1 atom stereocenters. The van der Waals surface area contributed by atoms with Crippen molar-refractivity contribution in [1.29, 1.82) is 0 Å². The average molecular weight is 205 g/mol. The zero-order chi connectivity index (χ0) is 10.7. The number of aliphatic hydroxyl groups is 1. The molecule has 0 saturated carbocycles. The third-order valence-electron chi connectivity index (χ3n) is 3.14. The molecule has 0 aromatic heterocycles. The third kappa shape index (κ3) is 2.80. The van der Waals surface area contributed by atoms with Gasteiger partial charge in [0.15, 0.2) is 0 Å². The average Bonchev–Trinajstić information content (AvgIpc) is 2.22. The van der Waals surface area contributed by atoms with E-state index in [1.807, 2.05) is 0 Å². The van der Waals surface area contributed by atoms with E-state index in [-0.39, 0.29) is 6.10 Å². The Morgan fingerprint density at radius 2 is 2.20 bits per heavy atom. The van der Waals surface area contributed by atoms with Crippen LogP contribution in [0.4, 0.5) is 0 Å². The summed E-state index contributed by atoms with van der Waals surface area (Å²) in [5.41, 5.74) is 2.73. The first-order chi connectivity index (χ1) is 7.25. The number of likely N-dealkylation sites (tertiary alicyclic amines) is 1. The summed E-state index contributed by atoms with van der Waals surface area (Å²) in [7, 11) is 0. The van der Waals surface area contributed by atoms with E-state index in [0.717, 1.165) is 32.5 Å². The molecule has 1 aliphatic rings. The topological polar surface area (TPSA) is 23.5 Å². The minimum atomic E-state index is -0.122. The Kier molecular flexibility index (Phi) is 3.39. The first-order valence-electron chi connectivity index (χ1n) is 5.70. The highest BCUT2D eigenvalue weighted by Gasteiger charge is 2.17. The summed E-state index contributed by atoms with van der Waals surface area (Å²) < 4.78 is 0. The van der Waals surface area contributed by atoms with Gasteiger partial charge in [0, 0.05) is 13.1 Å². The maximum absolute atomic E-state index is 9.59. The van der Waals surface area contributed by atoms with Gasteiger partial charge in [0.2, 0.25) is 0 Å². The maximum Gasteiger partial charge on any atom is 0.0667 e. The van der Waals surface area contributed by atoms with Gasteiger partial charge < -0.3 is 5.11 Å². The van der Waals surface area contributed by atoms with Gasteiger partial charge in [0.1, 0.15) is 0 Å². The van der Waals surface area contributed by atoms with Crippen LogP contribution in [-0.2, 0) is 6.54 Å². The minimum Gasteiger partial charge on any atom is -0.392 e. The molecule has 15 heavy (non-hydrogen) atoms. The molecule has 0 unspecified atom stereocenters. The van der Waals surface area contributed by atoms with Gasteiger partial charge >= 0.3 is 0 Å². The summed E-state index contributed by atoms with van der Waals surface area (Å²) in [4.78, 5) is 2.34. The Balaban J connectivity index is 1.99. The number of benzene rings is 1. The lowest BCUT2D eigenvalue weighted by atomic mass is 10.1. The lowest BCUT2D eigenvalue weighted by molar-refractivity contribution is 0.0667. The van der Waals surface area contributed by atoms with Crippen LogP contribution in [0.1, 0.15) is 24.0 Å². The number of hydrogen-bond donors (Lipinski definition) is 1. The molecule has 1 N–H and O–H groups in total. The maximum atomic E-state index is 9.59. The summed E-state index contributed by atoms with van der Waals surface area (Å²) in [5.74, 6) is 0. The van der Waals surface area contributed by atoms with Crippen LogP contribution in [0.2, 0.25) is 0 Å². The number of rotatable bonds is 2. The lowest BCUT2D eigenvalue weighted by Crippen LogP contribution is -2.37. The summed E-state index contributed by atoms with van der Waals surface area (Å²) in [6.07, 6.45) is 1.96. The second-order valence-electron chi connectivity index (χ2n) is 4.46. The highest BCUT2D eigenvalue weighted by Crippen LogP contribution is 2.15. The van der Waals surface area contributed by atoms with Crippen molar-refractivity contribution in [3.63, 3.8) is 0 Å². The number of aryl methyl sites for hydroxylation is 1. The van der Waals surface area contributed by atoms with E-state index in [4.69, 9.17) is 0 Å². The summed E-state index contributed by atoms with van der Waals surface area (Å²) in [5, 5.41) is 9.59. The van der Waals surface area contributed by atoms with Crippen molar-refractivity contribution in [2.45, 2.75) is 32.4 Å². The van der Waals surface area contributed by atoms with Crippen LogP contribution >= 0.6 is 0 Å². The fraction of sp³-hybridized carbons (Fsp3) is 0.538. The van der Waals surface area contributed by atoms with Gasteiger partial charge in [-0.05, 0) is 37.4 Å². The molecule has 1 aromatic rings. The molecule has 0 amide bonds. The van der Waals surface area contributed by atoms with E-state index >= 15 is 0 Å². The molecule has 1 aliphatic heterocycles. The quantitative estimate of drug-likeness (QED) is 0.797. The fourth-order valence-electron chi connectivity index (χ4n) is 2.20. The van der Waals surface area contributed by atoms with Crippen LogP contribution < -0.4 is 0 Å².